The number of ketones is 1. The first-order valence-corrected chi connectivity index (χ1v) is 7.48. The maximum absolute atomic E-state index is 12.7. The van der Waals surface area contributed by atoms with E-state index in [-0.39, 0.29) is 5.78 Å². The first kappa shape index (κ1) is 15.2. The lowest BCUT2D eigenvalue weighted by Crippen LogP contribution is -2.20. The van der Waals surface area contributed by atoms with Gasteiger partial charge in [0.1, 0.15) is 5.82 Å². The highest BCUT2D eigenvalue weighted by atomic mass is 16.1. The van der Waals surface area contributed by atoms with Gasteiger partial charge in [0.2, 0.25) is 0 Å². The molecule has 21 heavy (non-hydrogen) atoms. The van der Waals surface area contributed by atoms with E-state index in [2.05, 4.69) is 24.1 Å². The third kappa shape index (κ3) is 3.69. The van der Waals surface area contributed by atoms with Crippen LogP contribution in [0.1, 0.15) is 48.2 Å². The number of carbonyl (C=O) groups excluding carboxylic acids is 1. The molecule has 1 N–H and O–H groups in total. The largest absolute Gasteiger partial charge is 0.367 e. The number of benzene rings is 1. The van der Waals surface area contributed by atoms with Crippen LogP contribution in [0.2, 0.25) is 0 Å². The molecule has 1 aromatic carbocycles. The van der Waals surface area contributed by atoms with Crippen molar-refractivity contribution in [1.29, 1.82) is 0 Å². The third-order valence-electron chi connectivity index (χ3n) is 3.66. The predicted molar refractivity (Wildman–Crippen MR) is 86.8 cm³/mol. The van der Waals surface area contributed by atoms with Gasteiger partial charge in [-0.05, 0) is 38.0 Å². The zero-order valence-corrected chi connectivity index (χ0v) is 12.9. The van der Waals surface area contributed by atoms with Gasteiger partial charge in [-0.1, -0.05) is 37.6 Å². The van der Waals surface area contributed by atoms with Gasteiger partial charge in [0.05, 0.1) is 5.56 Å². The van der Waals surface area contributed by atoms with E-state index in [9.17, 15) is 4.79 Å². The maximum atomic E-state index is 12.7. The Labute approximate surface area is 126 Å². The number of nitrogens with zero attached hydrogens (tertiary/aromatic N) is 1. The van der Waals surface area contributed by atoms with Gasteiger partial charge in [-0.3, -0.25) is 4.79 Å². The lowest BCUT2D eigenvalue weighted by Gasteiger charge is -2.17. The Hall–Kier alpha value is -2.16. The monoisotopic (exact) mass is 282 g/mol. The topological polar surface area (TPSA) is 42.0 Å². The number of hydrogen-bond acceptors (Lipinski definition) is 3. The van der Waals surface area contributed by atoms with Crippen LogP contribution in [0.4, 0.5) is 5.82 Å². The Balaban J connectivity index is 2.33. The Morgan fingerprint density at radius 3 is 2.62 bits per heavy atom. The van der Waals surface area contributed by atoms with Crippen molar-refractivity contribution in [2.75, 3.05) is 5.32 Å². The molecule has 0 aliphatic rings. The molecule has 0 amide bonds. The van der Waals surface area contributed by atoms with E-state index in [1.165, 1.54) is 0 Å². The summed E-state index contributed by atoms with van der Waals surface area (Å²) in [5.41, 5.74) is 2.42. The molecule has 3 heteroatoms. The molecular weight excluding hydrogens is 260 g/mol. The van der Waals surface area contributed by atoms with Crippen LogP contribution in [0.25, 0.3) is 0 Å². The smallest absolute Gasteiger partial charge is 0.196 e. The van der Waals surface area contributed by atoms with Crippen molar-refractivity contribution in [3.8, 4) is 0 Å². The summed E-state index contributed by atoms with van der Waals surface area (Å²) in [6.45, 7) is 6.25. The molecule has 1 heterocycles. The highest BCUT2D eigenvalue weighted by Gasteiger charge is 2.16. The van der Waals surface area contributed by atoms with Crippen molar-refractivity contribution in [1.82, 2.24) is 4.98 Å². The maximum Gasteiger partial charge on any atom is 0.196 e. The number of rotatable bonds is 6. The van der Waals surface area contributed by atoms with E-state index in [1.54, 1.807) is 12.3 Å². The molecule has 2 aromatic rings. The van der Waals surface area contributed by atoms with Gasteiger partial charge in [-0.2, -0.15) is 0 Å². The van der Waals surface area contributed by atoms with Gasteiger partial charge in [0.25, 0.3) is 0 Å². The van der Waals surface area contributed by atoms with Crippen LogP contribution < -0.4 is 5.32 Å². The van der Waals surface area contributed by atoms with Gasteiger partial charge < -0.3 is 5.32 Å². The number of hydrogen-bond donors (Lipinski definition) is 1. The number of aryl methyl sites for hydroxylation is 1. The van der Waals surface area contributed by atoms with Crippen molar-refractivity contribution < 1.29 is 4.79 Å². The van der Waals surface area contributed by atoms with Crippen LogP contribution in [-0.2, 0) is 0 Å². The van der Waals surface area contributed by atoms with E-state index in [4.69, 9.17) is 0 Å². The second-order valence-electron chi connectivity index (χ2n) is 5.26. The molecule has 0 spiro atoms. The summed E-state index contributed by atoms with van der Waals surface area (Å²) >= 11 is 0. The van der Waals surface area contributed by atoms with Gasteiger partial charge >= 0.3 is 0 Å². The SMILES string of the molecule is CCC(CC)Nc1ncccc1C(=O)c1cccc(C)c1. The summed E-state index contributed by atoms with van der Waals surface area (Å²) in [6, 6.07) is 11.6. The van der Waals surface area contributed by atoms with Gasteiger partial charge in [-0.25, -0.2) is 4.98 Å². The molecule has 0 aliphatic heterocycles. The normalized spacial score (nSPS) is 10.7. The molecule has 3 nitrogen and oxygen atoms in total. The number of nitrogens with one attached hydrogen (secondary N) is 1. The highest BCUT2D eigenvalue weighted by molar-refractivity contribution is 6.11. The van der Waals surface area contributed by atoms with E-state index < -0.39 is 0 Å². The molecule has 0 aliphatic carbocycles. The molecule has 110 valence electrons. The summed E-state index contributed by atoms with van der Waals surface area (Å²) in [4.78, 5) is 17.0. The second-order valence-corrected chi connectivity index (χ2v) is 5.26. The summed E-state index contributed by atoms with van der Waals surface area (Å²) in [7, 11) is 0. The predicted octanol–water partition coefficient (Wildman–Crippen LogP) is 4.22. The zero-order chi connectivity index (χ0) is 15.2. The van der Waals surface area contributed by atoms with Crippen LogP contribution in [0.15, 0.2) is 42.6 Å². The van der Waals surface area contributed by atoms with Crippen molar-refractivity contribution in [3.05, 3.63) is 59.3 Å². The van der Waals surface area contributed by atoms with Crippen molar-refractivity contribution >= 4 is 11.6 Å². The molecule has 0 bridgehead atoms. The third-order valence-corrected chi connectivity index (χ3v) is 3.66. The highest BCUT2D eigenvalue weighted by Crippen LogP contribution is 2.19. The molecule has 1 aromatic heterocycles. The van der Waals surface area contributed by atoms with Crippen molar-refractivity contribution in [2.24, 2.45) is 0 Å². The molecule has 0 unspecified atom stereocenters. The van der Waals surface area contributed by atoms with Crippen molar-refractivity contribution in [2.45, 2.75) is 39.7 Å². The minimum atomic E-state index is 0.0141. The van der Waals surface area contributed by atoms with Crippen LogP contribution in [0.5, 0.6) is 0 Å². The van der Waals surface area contributed by atoms with Crippen LogP contribution in [0, 0.1) is 6.92 Å². The molecule has 0 radical (unpaired) electrons. The van der Waals surface area contributed by atoms with Gasteiger partial charge in [0.15, 0.2) is 5.78 Å². The summed E-state index contributed by atoms with van der Waals surface area (Å²) < 4.78 is 0. The summed E-state index contributed by atoms with van der Waals surface area (Å²) in [6.07, 6.45) is 3.73. The van der Waals surface area contributed by atoms with Crippen molar-refractivity contribution in [3.63, 3.8) is 0 Å². The first-order chi connectivity index (χ1) is 10.2. The Morgan fingerprint density at radius 2 is 1.95 bits per heavy atom. The molecule has 0 fully saturated rings. The molecular formula is C18H22N2O. The molecule has 0 saturated carbocycles. The fourth-order valence-corrected chi connectivity index (χ4v) is 2.33. The number of aromatic nitrogens is 1. The molecule has 0 saturated heterocycles. The van der Waals surface area contributed by atoms with Crippen LogP contribution in [0.3, 0.4) is 0 Å². The van der Waals surface area contributed by atoms with Crippen LogP contribution >= 0.6 is 0 Å². The first-order valence-electron chi connectivity index (χ1n) is 7.48. The van der Waals surface area contributed by atoms with E-state index in [1.807, 2.05) is 37.3 Å². The molecule has 0 atom stereocenters. The zero-order valence-electron chi connectivity index (χ0n) is 12.9. The van der Waals surface area contributed by atoms with Gasteiger partial charge in [0, 0.05) is 17.8 Å². The van der Waals surface area contributed by atoms with E-state index in [0.29, 0.717) is 23.0 Å². The Kier molecular flexibility index (Phi) is 5.09. The lowest BCUT2D eigenvalue weighted by molar-refractivity contribution is 0.103. The van der Waals surface area contributed by atoms with E-state index in [0.717, 1.165) is 18.4 Å². The number of anilines is 1. The Bertz CT molecular complexity index is 618. The standard InChI is InChI=1S/C18H22N2O/c1-4-15(5-2)20-18-16(10-7-11-19-18)17(21)14-9-6-8-13(3)12-14/h6-12,15H,4-5H2,1-3H3,(H,19,20). The Morgan fingerprint density at radius 1 is 1.19 bits per heavy atom. The second kappa shape index (κ2) is 7.02. The quantitative estimate of drug-likeness (QED) is 0.806. The minimum Gasteiger partial charge on any atom is -0.367 e. The summed E-state index contributed by atoms with van der Waals surface area (Å²) in [5.74, 6) is 0.693. The summed E-state index contributed by atoms with van der Waals surface area (Å²) in [5, 5.41) is 3.38. The lowest BCUT2D eigenvalue weighted by atomic mass is 10.0. The molecule has 2 rings (SSSR count). The number of carbonyl (C=O) groups is 1. The van der Waals surface area contributed by atoms with E-state index >= 15 is 0 Å². The van der Waals surface area contributed by atoms with Crippen LogP contribution in [-0.4, -0.2) is 16.8 Å². The average Bonchev–Trinajstić information content (AvgIpc) is 2.52. The average molecular weight is 282 g/mol. The fraction of sp³-hybridized carbons (Fsp3) is 0.333. The number of pyridine rings is 1. The fourth-order valence-electron chi connectivity index (χ4n) is 2.33. The minimum absolute atomic E-state index is 0.0141. The van der Waals surface area contributed by atoms with Gasteiger partial charge in [-0.15, -0.1) is 0 Å².